The van der Waals surface area contributed by atoms with Gasteiger partial charge in [-0.05, 0) is 56.5 Å². The first-order valence-electron chi connectivity index (χ1n) is 12.6. The summed E-state index contributed by atoms with van der Waals surface area (Å²) < 4.78 is 35.0. The summed E-state index contributed by atoms with van der Waals surface area (Å²) in [6, 6.07) is 30.7. The Hall–Kier alpha value is -3.38. The summed E-state index contributed by atoms with van der Waals surface area (Å²) in [5, 5.41) is 4.70. The van der Waals surface area contributed by atoms with Crippen LogP contribution >= 0.6 is 8.25 Å². The standard InChI is InChI=1S/C24H20FN3.C6H15O3P/c25-18-10-17-23-26-19-28(27-23)24(20-11-4-1-5-12-20,21-13-6-2-7-14-21)22-15-8-3-9-16-22;1-5(2)8-10(7)9-6(3)4/h1-17,19H,18H2;5-6,10H,1-4H3/b17-10+;. The maximum atomic E-state index is 12.6. The Morgan fingerprint density at radius 2 is 1.24 bits per heavy atom. The van der Waals surface area contributed by atoms with Crippen molar-refractivity contribution < 1.29 is 18.0 Å². The van der Waals surface area contributed by atoms with Gasteiger partial charge in [0.15, 0.2) is 5.82 Å². The fraction of sp³-hybridized carbons (Fsp3) is 0.267. The van der Waals surface area contributed by atoms with Crippen molar-refractivity contribution in [2.24, 2.45) is 0 Å². The van der Waals surface area contributed by atoms with Gasteiger partial charge in [0.1, 0.15) is 18.5 Å². The molecule has 1 aromatic heterocycles. The van der Waals surface area contributed by atoms with Crippen molar-refractivity contribution in [1.29, 1.82) is 0 Å². The van der Waals surface area contributed by atoms with Gasteiger partial charge in [-0.25, -0.2) is 14.1 Å². The van der Waals surface area contributed by atoms with Crippen LogP contribution in [0, 0.1) is 0 Å². The van der Waals surface area contributed by atoms with Gasteiger partial charge in [-0.2, -0.15) is 5.10 Å². The number of hydrogen-bond acceptors (Lipinski definition) is 5. The van der Waals surface area contributed by atoms with Crippen LogP contribution in [0.1, 0.15) is 50.2 Å². The number of aromatic nitrogens is 3. The van der Waals surface area contributed by atoms with Crippen molar-refractivity contribution in [3.63, 3.8) is 0 Å². The van der Waals surface area contributed by atoms with Crippen LogP contribution in [0.2, 0.25) is 0 Å². The molecule has 0 bridgehead atoms. The van der Waals surface area contributed by atoms with Gasteiger partial charge in [0.25, 0.3) is 0 Å². The van der Waals surface area contributed by atoms with Crippen molar-refractivity contribution in [2.75, 3.05) is 6.67 Å². The lowest BCUT2D eigenvalue weighted by Gasteiger charge is -2.35. The van der Waals surface area contributed by atoms with Gasteiger partial charge in [0.2, 0.25) is 0 Å². The van der Waals surface area contributed by atoms with E-state index in [1.807, 2.05) is 87.0 Å². The quantitative estimate of drug-likeness (QED) is 0.157. The van der Waals surface area contributed by atoms with E-state index in [9.17, 15) is 8.96 Å². The molecule has 0 aliphatic carbocycles. The fourth-order valence-electron chi connectivity index (χ4n) is 4.01. The van der Waals surface area contributed by atoms with Crippen molar-refractivity contribution >= 4 is 14.3 Å². The predicted octanol–water partition coefficient (Wildman–Crippen LogP) is 7.33. The van der Waals surface area contributed by atoms with Crippen LogP contribution in [0.5, 0.6) is 0 Å². The molecule has 0 saturated carbocycles. The Bertz CT molecular complexity index is 1170. The first kappa shape index (κ1) is 29.2. The lowest BCUT2D eigenvalue weighted by Crippen LogP contribution is -2.38. The summed E-state index contributed by atoms with van der Waals surface area (Å²) in [6.07, 6.45) is 4.68. The van der Waals surface area contributed by atoms with E-state index in [0.717, 1.165) is 16.7 Å². The molecule has 0 aliphatic rings. The maximum Gasteiger partial charge on any atom is 0.319 e. The highest BCUT2D eigenvalue weighted by Crippen LogP contribution is 2.40. The van der Waals surface area contributed by atoms with Gasteiger partial charge in [-0.1, -0.05) is 91.0 Å². The van der Waals surface area contributed by atoms with Gasteiger partial charge in [0, 0.05) is 0 Å². The summed E-state index contributed by atoms with van der Waals surface area (Å²) in [5.74, 6) is 0.477. The SMILES string of the molecule is CC(C)O[PH](=O)OC(C)C.FC/C=C/c1ncn(C(c2ccccc2)(c2ccccc2)c2ccccc2)n1. The summed E-state index contributed by atoms with van der Waals surface area (Å²) in [6.45, 7) is 6.76. The molecule has 3 aromatic carbocycles. The number of allylic oxidation sites excluding steroid dienone is 1. The van der Waals surface area contributed by atoms with Crippen molar-refractivity contribution in [2.45, 2.75) is 45.4 Å². The highest BCUT2D eigenvalue weighted by atomic mass is 31.1. The van der Waals surface area contributed by atoms with E-state index in [0.29, 0.717) is 5.82 Å². The highest BCUT2D eigenvalue weighted by molar-refractivity contribution is 7.33. The molecule has 4 rings (SSSR count). The second-order valence-corrected chi connectivity index (χ2v) is 9.97. The maximum absolute atomic E-state index is 12.6. The van der Waals surface area contributed by atoms with Crippen LogP contribution in [0.4, 0.5) is 4.39 Å². The fourth-order valence-corrected chi connectivity index (χ4v) is 4.84. The van der Waals surface area contributed by atoms with Crippen molar-refractivity contribution in [3.05, 3.63) is 126 Å². The van der Waals surface area contributed by atoms with E-state index in [1.165, 1.54) is 6.08 Å². The molecule has 0 atom stereocenters. The van der Waals surface area contributed by atoms with Crippen molar-refractivity contribution in [3.8, 4) is 0 Å². The monoisotopic (exact) mass is 535 g/mol. The second-order valence-electron chi connectivity index (χ2n) is 9.00. The number of halogens is 1. The van der Waals surface area contributed by atoms with Gasteiger partial charge < -0.3 is 9.05 Å². The molecule has 0 saturated heterocycles. The Balaban J connectivity index is 0.000000342. The molecule has 0 fully saturated rings. The molecular formula is C30H35FN3O3P. The number of alkyl halides is 1. The van der Waals surface area contributed by atoms with E-state index in [2.05, 4.69) is 41.4 Å². The summed E-state index contributed by atoms with van der Waals surface area (Å²) in [4.78, 5) is 4.39. The van der Waals surface area contributed by atoms with Crippen LogP contribution in [-0.4, -0.2) is 33.6 Å². The zero-order valence-electron chi connectivity index (χ0n) is 22.2. The van der Waals surface area contributed by atoms with Gasteiger partial charge in [-0.3, -0.25) is 4.57 Å². The van der Waals surface area contributed by atoms with Gasteiger partial charge in [-0.15, -0.1) is 0 Å². The van der Waals surface area contributed by atoms with E-state index in [-0.39, 0.29) is 12.2 Å². The minimum atomic E-state index is -2.24. The largest absolute Gasteiger partial charge is 0.319 e. The average Bonchev–Trinajstić information content (AvgIpc) is 3.38. The topological polar surface area (TPSA) is 66.2 Å². The molecule has 38 heavy (non-hydrogen) atoms. The number of hydrogen-bond donors (Lipinski definition) is 0. The molecule has 8 heteroatoms. The zero-order chi connectivity index (χ0) is 27.4. The molecular weight excluding hydrogens is 500 g/mol. The van der Waals surface area contributed by atoms with Crippen LogP contribution in [-0.2, 0) is 19.2 Å². The van der Waals surface area contributed by atoms with Crippen LogP contribution in [0.15, 0.2) is 103 Å². The molecule has 200 valence electrons. The molecule has 4 aromatic rings. The minimum Gasteiger partial charge on any atom is -0.308 e. The average molecular weight is 536 g/mol. The lowest BCUT2D eigenvalue weighted by atomic mass is 9.77. The molecule has 0 radical (unpaired) electrons. The molecule has 0 amide bonds. The van der Waals surface area contributed by atoms with Gasteiger partial charge in [0.05, 0.1) is 12.2 Å². The molecule has 6 nitrogen and oxygen atoms in total. The van der Waals surface area contributed by atoms with Crippen molar-refractivity contribution in [1.82, 2.24) is 14.8 Å². The Labute approximate surface area is 225 Å². The summed E-state index contributed by atoms with van der Waals surface area (Å²) >= 11 is 0. The van der Waals surface area contributed by atoms with Crippen LogP contribution < -0.4 is 0 Å². The Morgan fingerprint density at radius 1 is 0.816 bits per heavy atom. The molecule has 0 N–H and O–H groups in total. The smallest absolute Gasteiger partial charge is 0.308 e. The molecule has 0 spiro atoms. The van der Waals surface area contributed by atoms with E-state index in [4.69, 9.17) is 14.1 Å². The second kappa shape index (κ2) is 14.5. The van der Waals surface area contributed by atoms with Gasteiger partial charge >= 0.3 is 8.25 Å². The third-order valence-electron chi connectivity index (χ3n) is 5.45. The molecule has 0 unspecified atom stereocenters. The molecule has 1 heterocycles. The first-order chi connectivity index (χ1) is 18.4. The Kier molecular flexibility index (Phi) is 11.2. The third-order valence-corrected chi connectivity index (χ3v) is 6.78. The predicted molar refractivity (Wildman–Crippen MR) is 151 cm³/mol. The lowest BCUT2D eigenvalue weighted by molar-refractivity contribution is 0.161. The van der Waals surface area contributed by atoms with E-state index < -0.39 is 20.5 Å². The molecule has 0 aliphatic heterocycles. The number of rotatable bonds is 10. The highest BCUT2D eigenvalue weighted by Gasteiger charge is 2.39. The third kappa shape index (κ3) is 7.57. The van der Waals surface area contributed by atoms with E-state index >= 15 is 0 Å². The van der Waals surface area contributed by atoms with Crippen LogP contribution in [0.25, 0.3) is 6.08 Å². The summed E-state index contributed by atoms with van der Waals surface area (Å²) in [5.41, 5.74) is 2.51. The number of nitrogens with zero attached hydrogens (tertiary/aromatic N) is 3. The Morgan fingerprint density at radius 3 is 1.61 bits per heavy atom. The minimum absolute atomic E-state index is 0.0230. The normalized spacial score (nSPS) is 11.8. The zero-order valence-corrected chi connectivity index (χ0v) is 23.2. The number of benzene rings is 3. The summed E-state index contributed by atoms with van der Waals surface area (Å²) in [7, 11) is -2.24. The van der Waals surface area contributed by atoms with E-state index in [1.54, 1.807) is 12.4 Å². The van der Waals surface area contributed by atoms with Crippen LogP contribution in [0.3, 0.4) is 0 Å². The first-order valence-corrected chi connectivity index (χ1v) is 13.8.